The first-order valence-corrected chi connectivity index (χ1v) is 8.26. The van der Waals surface area contributed by atoms with Crippen molar-refractivity contribution in [1.29, 1.82) is 0 Å². The van der Waals surface area contributed by atoms with E-state index in [4.69, 9.17) is 0 Å². The summed E-state index contributed by atoms with van der Waals surface area (Å²) in [6.45, 7) is 3.81. The van der Waals surface area contributed by atoms with Crippen LogP contribution in [0.25, 0.3) is 16.7 Å². The van der Waals surface area contributed by atoms with Gasteiger partial charge in [-0.25, -0.2) is 23.1 Å². The van der Waals surface area contributed by atoms with E-state index in [2.05, 4.69) is 15.3 Å². The zero-order valence-electron chi connectivity index (χ0n) is 14.6. The largest absolute Gasteiger partial charge is 0.337 e. The third-order valence-corrected chi connectivity index (χ3v) is 4.56. The highest BCUT2D eigenvalue weighted by Gasteiger charge is 2.18. The predicted octanol–water partition coefficient (Wildman–Crippen LogP) is 5.20. The molecule has 0 amide bonds. The van der Waals surface area contributed by atoms with E-state index in [1.807, 2.05) is 18.4 Å². The molecule has 0 aliphatic rings. The zero-order chi connectivity index (χ0) is 19.1. The van der Waals surface area contributed by atoms with Crippen molar-refractivity contribution >= 4 is 22.5 Å². The number of nitrogens with zero attached hydrogens (tertiary/aromatic N) is 3. The van der Waals surface area contributed by atoms with Crippen LogP contribution in [0, 0.1) is 31.3 Å². The van der Waals surface area contributed by atoms with Gasteiger partial charge in [0.1, 0.15) is 29.6 Å². The average Bonchev–Trinajstić information content (AvgIpc) is 2.91. The van der Waals surface area contributed by atoms with Crippen LogP contribution in [0.4, 0.5) is 24.7 Å². The number of aryl methyl sites for hydroxylation is 1. The van der Waals surface area contributed by atoms with Gasteiger partial charge < -0.3 is 5.32 Å². The molecular formula is C20H15F3N4. The molecule has 2 aromatic carbocycles. The van der Waals surface area contributed by atoms with Gasteiger partial charge in [0, 0.05) is 17.4 Å². The van der Waals surface area contributed by atoms with Gasteiger partial charge in [-0.2, -0.15) is 0 Å². The molecule has 0 radical (unpaired) electrons. The highest BCUT2D eigenvalue weighted by atomic mass is 19.1. The van der Waals surface area contributed by atoms with Gasteiger partial charge in [0.05, 0.1) is 11.1 Å². The van der Waals surface area contributed by atoms with E-state index in [-0.39, 0.29) is 11.5 Å². The minimum Gasteiger partial charge on any atom is -0.337 e. The number of rotatable bonds is 3. The lowest BCUT2D eigenvalue weighted by molar-refractivity contribution is 0.603. The number of anilines is 2. The zero-order valence-corrected chi connectivity index (χ0v) is 14.6. The van der Waals surface area contributed by atoms with Gasteiger partial charge >= 0.3 is 0 Å². The van der Waals surface area contributed by atoms with Gasteiger partial charge in [-0.1, -0.05) is 0 Å². The summed E-state index contributed by atoms with van der Waals surface area (Å²) in [7, 11) is 0. The van der Waals surface area contributed by atoms with E-state index in [9.17, 15) is 13.2 Å². The summed E-state index contributed by atoms with van der Waals surface area (Å²) in [5.74, 6) is -1.11. The molecule has 4 rings (SSSR count). The summed E-state index contributed by atoms with van der Waals surface area (Å²) >= 11 is 0. The molecule has 7 heteroatoms. The third kappa shape index (κ3) is 2.91. The Kier molecular flexibility index (Phi) is 4.07. The highest BCUT2D eigenvalue weighted by Crippen LogP contribution is 2.33. The van der Waals surface area contributed by atoms with E-state index in [0.29, 0.717) is 16.9 Å². The molecule has 0 fully saturated rings. The standard InChI is InChI=1S/C20H15F3N4/c1-11-12(2)27(15-6-3-13(21)4-7-15)20-18(11)19(24-10-25-20)26-17-9-14(22)5-8-16(17)23/h3-10H,1-2H3,(H,24,25,26). The fraction of sp³-hybridized carbons (Fsp3) is 0.100. The van der Waals surface area contributed by atoms with Crippen molar-refractivity contribution in [3.05, 3.63) is 77.5 Å². The van der Waals surface area contributed by atoms with Crippen LogP contribution in [0.2, 0.25) is 0 Å². The summed E-state index contributed by atoms with van der Waals surface area (Å²) in [5.41, 5.74) is 3.09. The van der Waals surface area contributed by atoms with E-state index in [1.165, 1.54) is 18.5 Å². The smallest absolute Gasteiger partial charge is 0.150 e. The molecule has 0 aliphatic heterocycles. The van der Waals surface area contributed by atoms with Crippen molar-refractivity contribution in [2.24, 2.45) is 0 Å². The van der Waals surface area contributed by atoms with Crippen molar-refractivity contribution in [3.63, 3.8) is 0 Å². The van der Waals surface area contributed by atoms with Gasteiger partial charge in [-0.3, -0.25) is 4.57 Å². The van der Waals surface area contributed by atoms with E-state index in [1.54, 1.807) is 12.1 Å². The maximum Gasteiger partial charge on any atom is 0.150 e. The van der Waals surface area contributed by atoms with Gasteiger partial charge in [0.15, 0.2) is 5.65 Å². The number of benzene rings is 2. The molecule has 2 aromatic heterocycles. The molecule has 0 bridgehead atoms. The molecule has 4 nitrogen and oxygen atoms in total. The van der Waals surface area contributed by atoms with E-state index < -0.39 is 11.6 Å². The van der Waals surface area contributed by atoms with Crippen molar-refractivity contribution < 1.29 is 13.2 Å². The Hall–Kier alpha value is -3.35. The van der Waals surface area contributed by atoms with Gasteiger partial charge in [-0.05, 0) is 55.8 Å². The molecule has 136 valence electrons. The van der Waals surface area contributed by atoms with Crippen LogP contribution in [0.15, 0.2) is 48.8 Å². The Morgan fingerprint density at radius 3 is 2.33 bits per heavy atom. The van der Waals surface area contributed by atoms with Crippen LogP contribution < -0.4 is 5.32 Å². The summed E-state index contributed by atoms with van der Waals surface area (Å²) in [4.78, 5) is 8.57. The van der Waals surface area contributed by atoms with Gasteiger partial charge in [0.2, 0.25) is 0 Å². The van der Waals surface area contributed by atoms with Crippen LogP contribution in [-0.2, 0) is 0 Å². The number of halogens is 3. The molecule has 0 aliphatic carbocycles. The Morgan fingerprint density at radius 1 is 0.889 bits per heavy atom. The molecule has 2 heterocycles. The molecule has 0 saturated carbocycles. The van der Waals surface area contributed by atoms with Crippen LogP contribution in [0.3, 0.4) is 0 Å². The first kappa shape index (κ1) is 17.1. The highest BCUT2D eigenvalue weighted by molar-refractivity contribution is 5.94. The lowest BCUT2D eigenvalue weighted by Gasteiger charge is -2.09. The number of aromatic nitrogens is 3. The lowest BCUT2D eigenvalue weighted by Crippen LogP contribution is -2.00. The Bertz CT molecular complexity index is 1150. The second kappa shape index (κ2) is 6.42. The molecule has 27 heavy (non-hydrogen) atoms. The fourth-order valence-corrected chi connectivity index (χ4v) is 3.12. The van der Waals surface area contributed by atoms with E-state index in [0.717, 1.165) is 35.1 Å². The van der Waals surface area contributed by atoms with Gasteiger partial charge in [-0.15, -0.1) is 0 Å². The predicted molar refractivity (Wildman–Crippen MR) is 97.9 cm³/mol. The van der Waals surface area contributed by atoms with Crippen molar-refractivity contribution in [2.75, 3.05) is 5.32 Å². The number of fused-ring (bicyclic) bond motifs is 1. The lowest BCUT2D eigenvalue weighted by atomic mass is 10.2. The minimum atomic E-state index is -0.587. The van der Waals surface area contributed by atoms with Crippen molar-refractivity contribution in [1.82, 2.24) is 14.5 Å². The molecule has 4 aromatic rings. The summed E-state index contributed by atoms with van der Waals surface area (Å²) in [6.07, 6.45) is 1.35. The maximum atomic E-state index is 14.0. The molecule has 0 saturated heterocycles. The van der Waals surface area contributed by atoms with Crippen LogP contribution >= 0.6 is 0 Å². The SMILES string of the molecule is Cc1c(C)n(-c2ccc(F)cc2)c2ncnc(Nc3cc(F)ccc3F)c12. The average molecular weight is 368 g/mol. The topological polar surface area (TPSA) is 42.7 Å². The Balaban J connectivity index is 1.90. The first-order chi connectivity index (χ1) is 13.0. The van der Waals surface area contributed by atoms with E-state index >= 15 is 0 Å². The monoisotopic (exact) mass is 368 g/mol. The number of nitrogens with one attached hydrogen (secondary N) is 1. The van der Waals surface area contributed by atoms with Gasteiger partial charge in [0.25, 0.3) is 0 Å². The fourth-order valence-electron chi connectivity index (χ4n) is 3.12. The van der Waals surface area contributed by atoms with Crippen LogP contribution in [-0.4, -0.2) is 14.5 Å². The quantitative estimate of drug-likeness (QED) is 0.541. The first-order valence-electron chi connectivity index (χ1n) is 8.26. The molecule has 0 unspecified atom stereocenters. The minimum absolute atomic E-state index is 0.0124. The number of hydrogen-bond donors (Lipinski definition) is 1. The molecular weight excluding hydrogens is 353 g/mol. The molecule has 1 N–H and O–H groups in total. The van der Waals surface area contributed by atoms with Crippen molar-refractivity contribution in [3.8, 4) is 5.69 Å². The third-order valence-electron chi connectivity index (χ3n) is 4.56. The number of hydrogen-bond acceptors (Lipinski definition) is 3. The normalized spacial score (nSPS) is 11.1. The molecule has 0 spiro atoms. The summed E-state index contributed by atoms with van der Waals surface area (Å²) in [6, 6.07) is 9.24. The Morgan fingerprint density at radius 2 is 1.59 bits per heavy atom. The Labute approximate surface area is 153 Å². The molecule has 0 atom stereocenters. The second-order valence-electron chi connectivity index (χ2n) is 6.19. The van der Waals surface area contributed by atoms with Crippen LogP contribution in [0.5, 0.6) is 0 Å². The summed E-state index contributed by atoms with van der Waals surface area (Å²) in [5, 5.41) is 3.54. The summed E-state index contributed by atoms with van der Waals surface area (Å²) < 4.78 is 42.7. The van der Waals surface area contributed by atoms with Crippen LogP contribution in [0.1, 0.15) is 11.3 Å². The second-order valence-corrected chi connectivity index (χ2v) is 6.19. The maximum absolute atomic E-state index is 14.0. The van der Waals surface area contributed by atoms with Crippen molar-refractivity contribution in [2.45, 2.75) is 13.8 Å².